The van der Waals surface area contributed by atoms with Gasteiger partial charge in [-0.3, -0.25) is 0 Å². The summed E-state index contributed by atoms with van der Waals surface area (Å²) in [5.41, 5.74) is 15.8. The molecule has 14 rings (SSSR count). The van der Waals surface area contributed by atoms with Gasteiger partial charge in [-0.25, -0.2) is 15.0 Å². The van der Waals surface area contributed by atoms with Gasteiger partial charge < -0.3 is 13.4 Å². The van der Waals surface area contributed by atoms with Crippen molar-refractivity contribution in [2.24, 2.45) is 0 Å². The summed E-state index contributed by atoms with van der Waals surface area (Å²) in [6, 6.07) is 80.4. The van der Waals surface area contributed by atoms with E-state index < -0.39 is 0 Å². The Hall–Kier alpha value is -9.39. The quantitative estimate of drug-likeness (QED) is 0.159. The van der Waals surface area contributed by atoms with Gasteiger partial charge in [0, 0.05) is 60.8 Å². The molecule has 0 bridgehead atoms. The number of aromatic nitrogens is 4. The average molecular weight is 883 g/mol. The normalized spacial score (nSPS) is 11.8. The summed E-state index contributed by atoms with van der Waals surface area (Å²) in [5.74, 6) is 1.73. The van der Waals surface area contributed by atoms with Crippen molar-refractivity contribution in [1.29, 1.82) is 0 Å². The van der Waals surface area contributed by atoms with Crippen LogP contribution in [0, 0.1) is 0 Å². The van der Waals surface area contributed by atoms with E-state index in [1.54, 1.807) is 0 Å². The van der Waals surface area contributed by atoms with Gasteiger partial charge in [0.2, 0.25) is 0 Å². The molecule has 6 heteroatoms. The molecule has 0 fully saturated rings. The molecule has 0 radical (unpaired) electrons. The summed E-state index contributed by atoms with van der Waals surface area (Å²) in [7, 11) is 0. The lowest BCUT2D eigenvalue weighted by Gasteiger charge is -2.09. The lowest BCUT2D eigenvalue weighted by atomic mass is 10.00. The van der Waals surface area contributed by atoms with E-state index in [4.69, 9.17) is 23.8 Å². The van der Waals surface area contributed by atoms with Gasteiger partial charge in [-0.05, 0) is 76.3 Å². The molecular weight excluding hydrogens is 845 g/mol. The van der Waals surface area contributed by atoms with Crippen molar-refractivity contribution < 1.29 is 8.83 Å². The van der Waals surface area contributed by atoms with Crippen LogP contribution >= 0.6 is 0 Å². The minimum atomic E-state index is 0.542. The van der Waals surface area contributed by atoms with Crippen LogP contribution in [0.1, 0.15) is 0 Å². The minimum Gasteiger partial charge on any atom is -0.455 e. The molecule has 14 aromatic rings. The van der Waals surface area contributed by atoms with Crippen LogP contribution in [0.5, 0.6) is 0 Å². The Labute approximate surface area is 396 Å². The van der Waals surface area contributed by atoms with Crippen LogP contribution in [0.15, 0.2) is 239 Å². The highest BCUT2D eigenvalue weighted by atomic mass is 16.3. The number of hydrogen-bond acceptors (Lipinski definition) is 5. The van der Waals surface area contributed by atoms with Crippen molar-refractivity contribution in [3.8, 4) is 73.2 Å². The van der Waals surface area contributed by atoms with Crippen molar-refractivity contribution in [3.63, 3.8) is 0 Å². The first-order valence-corrected chi connectivity index (χ1v) is 23.2. The van der Waals surface area contributed by atoms with E-state index in [0.29, 0.717) is 17.5 Å². The second-order valence-electron chi connectivity index (χ2n) is 17.5. The number of fused-ring (bicyclic) bond motifs is 9. The maximum atomic E-state index is 6.90. The fourth-order valence-electron chi connectivity index (χ4n) is 10.1. The van der Waals surface area contributed by atoms with Crippen LogP contribution in [-0.2, 0) is 0 Å². The van der Waals surface area contributed by atoms with Crippen LogP contribution in [0.2, 0.25) is 0 Å². The zero-order chi connectivity index (χ0) is 45.4. The molecule has 4 heterocycles. The first-order chi connectivity index (χ1) is 34.2. The Morgan fingerprint density at radius 1 is 0.275 bits per heavy atom. The SMILES string of the molecule is c1ccc(-c2ccc(-c3nc(-c4ccccc4)nc(-c4cccc5c4oc4ccc(-c6cccc7c6oc6cc(-n8c9ccccc9c9cc(-c%10ccccc%10)ccc98)ccc67)cc45)n3)cc2)cc1. The zero-order valence-corrected chi connectivity index (χ0v) is 37.0. The van der Waals surface area contributed by atoms with Gasteiger partial charge in [-0.15, -0.1) is 0 Å². The maximum absolute atomic E-state index is 6.90. The van der Waals surface area contributed by atoms with Gasteiger partial charge in [-0.2, -0.15) is 0 Å². The third-order valence-electron chi connectivity index (χ3n) is 13.5. The van der Waals surface area contributed by atoms with Gasteiger partial charge in [0.1, 0.15) is 22.3 Å². The van der Waals surface area contributed by atoms with Gasteiger partial charge in [-0.1, -0.05) is 176 Å². The molecule has 0 unspecified atom stereocenters. The van der Waals surface area contributed by atoms with Gasteiger partial charge in [0.15, 0.2) is 17.5 Å². The monoisotopic (exact) mass is 882 g/mol. The maximum Gasteiger partial charge on any atom is 0.167 e. The zero-order valence-electron chi connectivity index (χ0n) is 37.0. The average Bonchev–Trinajstić information content (AvgIpc) is 4.10. The molecule has 322 valence electrons. The summed E-state index contributed by atoms with van der Waals surface area (Å²) in [6.45, 7) is 0. The van der Waals surface area contributed by atoms with Crippen molar-refractivity contribution >= 4 is 65.7 Å². The number of nitrogens with zero attached hydrogens (tertiary/aromatic N) is 4. The first kappa shape index (κ1) is 38.8. The van der Waals surface area contributed by atoms with Gasteiger partial charge >= 0.3 is 0 Å². The van der Waals surface area contributed by atoms with Crippen LogP contribution in [-0.4, -0.2) is 19.5 Å². The summed E-state index contributed by atoms with van der Waals surface area (Å²) >= 11 is 0. The molecule has 0 aliphatic heterocycles. The van der Waals surface area contributed by atoms with Crippen molar-refractivity contribution in [2.45, 2.75) is 0 Å². The molecule has 0 N–H and O–H groups in total. The van der Waals surface area contributed by atoms with E-state index in [1.165, 1.54) is 21.9 Å². The fourth-order valence-corrected chi connectivity index (χ4v) is 10.1. The van der Waals surface area contributed by atoms with Crippen molar-refractivity contribution in [1.82, 2.24) is 19.5 Å². The molecule has 0 saturated heterocycles. The minimum absolute atomic E-state index is 0.542. The summed E-state index contributed by atoms with van der Waals surface area (Å²) in [5, 5.41) is 6.54. The molecular formula is C63H38N4O2. The predicted molar refractivity (Wildman–Crippen MR) is 281 cm³/mol. The molecule has 0 aliphatic rings. The van der Waals surface area contributed by atoms with E-state index in [2.05, 4.69) is 193 Å². The molecule has 4 aromatic heterocycles. The number of rotatable bonds is 7. The number of hydrogen-bond donors (Lipinski definition) is 0. The number of para-hydroxylation sites is 3. The second-order valence-corrected chi connectivity index (χ2v) is 17.5. The summed E-state index contributed by atoms with van der Waals surface area (Å²) in [4.78, 5) is 15.2. The number of benzene rings is 10. The lowest BCUT2D eigenvalue weighted by molar-refractivity contribution is 0.668. The van der Waals surface area contributed by atoms with Crippen molar-refractivity contribution in [3.05, 3.63) is 231 Å². The van der Waals surface area contributed by atoms with Crippen LogP contribution in [0.4, 0.5) is 0 Å². The van der Waals surface area contributed by atoms with Gasteiger partial charge in [0.05, 0.1) is 16.6 Å². The highest BCUT2D eigenvalue weighted by Gasteiger charge is 2.21. The standard InChI is InChI=1S/C63H38N4O2/c1-4-14-39(15-5-1)41-26-28-43(29-27-41)62-64-61(42-18-8-3-9-19-42)65-63(66-62)52-24-13-23-51-54-37-45(31-35-57(54)68-60(51)52)47-21-12-22-50-49-33-32-46(38-58(49)69-59(47)50)67-55-25-11-10-20-48(55)53-36-44(30-34-56(53)67)40-16-6-2-7-17-40/h1-38H. The van der Waals surface area contributed by atoms with E-state index >= 15 is 0 Å². The van der Waals surface area contributed by atoms with Crippen LogP contribution in [0.25, 0.3) is 139 Å². The molecule has 10 aromatic carbocycles. The molecule has 69 heavy (non-hydrogen) atoms. The van der Waals surface area contributed by atoms with E-state index in [0.717, 1.165) is 99.5 Å². The molecule has 0 spiro atoms. The fraction of sp³-hybridized carbons (Fsp3) is 0. The number of furan rings is 2. The van der Waals surface area contributed by atoms with Crippen LogP contribution < -0.4 is 0 Å². The molecule has 0 atom stereocenters. The molecule has 0 saturated carbocycles. The predicted octanol–water partition coefficient (Wildman–Crippen LogP) is 16.8. The highest BCUT2D eigenvalue weighted by molar-refractivity contribution is 6.14. The van der Waals surface area contributed by atoms with E-state index in [1.807, 2.05) is 42.5 Å². The molecule has 6 nitrogen and oxygen atoms in total. The third-order valence-corrected chi connectivity index (χ3v) is 13.5. The Morgan fingerprint density at radius 3 is 1.54 bits per heavy atom. The Balaban J connectivity index is 0.863. The Morgan fingerprint density at radius 2 is 0.783 bits per heavy atom. The summed E-state index contributed by atoms with van der Waals surface area (Å²) in [6.07, 6.45) is 0. The van der Waals surface area contributed by atoms with Crippen molar-refractivity contribution in [2.75, 3.05) is 0 Å². The summed E-state index contributed by atoms with van der Waals surface area (Å²) < 4.78 is 16.0. The molecule has 0 amide bonds. The largest absolute Gasteiger partial charge is 0.455 e. The third kappa shape index (κ3) is 6.45. The van der Waals surface area contributed by atoms with Crippen LogP contribution in [0.3, 0.4) is 0 Å². The molecule has 0 aliphatic carbocycles. The van der Waals surface area contributed by atoms with E-state index in [-0.39, 0.29) is 0 Å². The second kappa shape index (κ2) is 15.6. The smallest absolute Gasteiger partial charge is 0.167 e. The first-order valence-electron chi connectivity index (χ1n) is 23.2. The Kier molecular flexibility index (Phi) is 8.79. The topological polar surface area (TPSA) is 69.9 Å². The Bertz CT molecular complexity index is 4290. The highest BCUT2D eigenvalue weighted by Crippen LogP contribution is 2.42. The lowest BCUT2D eigenvalue weighted by Crippen LogP contribution is -2.00. The van der Waals surface area contributed by atoms with Gasteiger partial charge in [0.25, 0.3) is 0 Å². The van der Waals surface area contributed by atoms with E-state index in [9.17, 15) is 0 Å².